The van der Waals surface area contributed by atoms with Gasteiger partial charge >= 0.3 is 0 Å². The van der Waals surface area contributed by atoms with Crippen LogP contribution in [0.5, 0.6) is 0 Å². The largest absolute Gasteiger partial charge is 0.394 e. The fraction of sp³-hybridized carbons (Fsp3) is 0.980. The van der Waals surface area contributed by atoms with Crippen LogP contribution in [-0.4, -0.2) is 110 Å². The number of hydrogen-bond donors (Lipinski definition) is 8. The molecule has 358 valence electrons. The molecule has 1 rings (SSSR count). The molecule has 1 amide bonds. The minimum atomic E-state index is -1.66. The Morgan fingerprint density at radius 3 is 1.38 bits per heavy atom. The third-order valence-corrected chi connectivity index (χ3v) is 13.0. The van der Waals surface area contributed by atoms with E-state index in [9.17, 15) is 40.5 Å². The van der Waals surface area contributed by atoms with Gasteiger partial charge in [0.2, 0.25) is 5.91 Å². The van der Waals surface area contributed by atoms with Crippen molar-refractivity contribution in [2.45, 2.75) is 288 Å². The zero-order chi connectivity index (χ0) is 44.2. The fourth-order valence-electron chi connectivity index (χ4n) is 8.36. The molecule has 0 aromatic heterocycles. The number of carbonyl (C=O) groups excluding carboxylic acids is 1. The summed E-state index contributed by atoms with van der Waals surface area (Å²) in [6, 6.07) is -1.16. The molecule has 0 saturated carbocycles. The highest BCUT2D eigenvalue weighted by atomic mass is 16.7. The average Bonchev–Trinajstić information content (AvgIpc) is 3.25. The Morgan fingerprint density at radius 1 is 0.567 bits per heavy atom. The summed E-state index contributed by atoms with van der Waals surface area (Å²) in [4.78, 5) is 13.1. The smallest absolute Gasteiger partial charge is 0.249 e. The molecule has 10 atom stereocenters. The van der Waals surface area contributed by atoms with E-state index < -0.39 is 74.2 Å². The lowest BCUT2D eigenvalue weighted by molar-refractivity contribution is -0.303. The molecule has 0 aliphatic carbocycles. The normalized spacial score (nSPS) is 22.1. The number of aliphatic hydroxyl groups excluding tert-OH is 7. The number of unbranched alkanes of at least 4 members (excludes halogenated alkanes) is 27. The fourth-order valence-corrected chi connectivity index (χ4v) is 8.36. The number of aliphatic hydroxyl groups is 7. The van der Waals surface area contributed by atoms with Gasteiger partial charge < -0.3 is 50.5 Å². The number of nitrogens with one attached hydrogen (secondary N) is 1. The summed E-state index contributed by atoms with van der Waals surface area (Å²) in [6.45, 7) is 5.80. The van der Waals surface area contributed by atoms with Crippen LogP contribution in [0.15, 0.2) is 0 Å². The molecule has 60 heavy (non-hydrogen) atoms. The summed E-state index contributed by atoms with van der Waals surface area (Å²) in [5.74, 6) is 0.136. The molecular formula is C49H97NO10. The number of amides is 1. The Morgan fingerprint density at radius 2 is 0.967 bits per heavy atom. The maximum Gasteiger partial charge on any atom is 0.249 e. The van der Waals surface area contributed by atoms with Crippen molar-refractivity contribution in [1.29, 1.82) is 0 Å². The molecule has 8 N–H and O–H groups in total. The van der Waals surface area contributed by atoms with Gasteiger partial charge in [0.1, 0.15) is 36.6 Å². The predicted octanol–water partition coefficient (Wildman–Crippen LogP) is 8.92. The second-order valence-electron chi connectivity index (χ2n) is 18.5. The van der Waals surface area contributed by atoms with E-state index in [-0.39, 0.29) is 6.42 Å². The van der Waals surface area contributed by atoms with Crippen molar-refractivity contribution in [1.82, 2.24) is 5.32 Å². The van der Waals surface area contributed by atoms with Crippen molar-refractivity contribution in [3.8, 4) is 0 Å². The van der Waals surface area contributed by atoms with Gasteiger partial charge in [-0.25, -0.2) is 0 Å². The second-order valence-corrected chi connectivity index (χ2v) is 18.5. The van der Waals surface area contributed by atoms with Crippen molar-refractivity contribution in [3.05, 3.63) is 0 Å². The Hall–Kier alpha value is -0.890. The van der Waals surface area contributed by atoms with Gasteiger partial charge in [-0.3, -0.25) is 4.79 Å². The highest BCUT2D eigenvalue weighted by Gasteiger charge is 2.44. The molecule has 0 unspecified atom stereocenters. The van der Waals surface area contributed by atoms with Crippen LogP contribution >= 0.6 is 0 Å². The van der Waals surface area contributed by atoms with E-state index in [0.29, 0.717) is 19.3 Å². The van der Waals surface area contributed by atoms with Crippen LogP contribution in [0.4, 0.5) is 0 Å². The van der Waals surface area contributed by atoms with E-state index in [2.05, 4.69) is 26.1 Å². The molecule has 1 aliphatic heterocycles. The lowest BCUT2D eigenvalue weighted by Crippen LogP contribution is -2.60. The van der Waals surface area contributed by atoms with E-state index in [1.165, 1.54) is 148 Å². The highest BCUT2D eigenvalue weighted by molar-refractivity contribution is 5.80. The van der Waals surface area contributed by atoms with Gasteiger partial charge in [-0.2, -0.15) is 0 Å². The highest BCUT2D eigenvalue weighted by Crippen LogP contribution is 2.23. The van der Waals surface area contributed by atoms with E-state index in [1.54, 1.807) is 0 Å². The molecule has 0 radical (unpaired) electrons. The second kappa shape index (κ2) is 38.6. The van der Waals surface area contributed by atoms with Gasteiger partial charge in [0, 0.05) is 0 Å². The van der Waals surface area contributed by atoms with Crippen LogP contribution < -0.4 is 5.32 Å². The van der Waals surface area contributed by atoms with Crippen LogP contribution in [-0.2, 0) is 14.3 Å². The summed E-state index contributed by atoms with van der Waals surface area (Å²) < 4.78 is 11.1. The minimum absolute atomic E-state index is 0.266. The quantitative estimate of drug-likeness (QED) is 0.0275. The van der Waals surface area contributed by atoms with Gasteiger partial charge in [0.15, 0.2) is 6.29 Å². The number of hydrogen-bond acceptors (Lipinski definition) is 10. The maximum absolute atomic E-state index is 13.1. The molecule has 0 aromatic carbocycles. The van der Waals surface area contributed by atoms with E-state index in [1.807, 2.05) is 0 Å². The molecule has 11 nitrogen and oxygen atoms in total. The molecule has 11 heteroatoms. The molecule has 1 aliphatic rings. The summed E-state index contributed by atoms with van der Waals surface area (Å²) in [5.41, 5.74) is 0. The zero-order valence-corrected chi connectivity index (χ0v) is 38.9. The Labute approximate surface area is 367 Å². The summed E-state index contributed by atoms with van der Waals surface area (Å²) in [5, 5.41) is 75.8. The first-order valence-electron chi connectivity index (χ1n) is 25.3. The number of rotatable bonds is 42. The Balaban J connectivity index is 2.39. The first-order valence-corrected chi connectivity index (χ1v) is 25.3. The topological polar surface area (TPSA) is 189 Å². The summed E-state index contributed by atoms with van der Waals surface area (Å²) in [6.07, 6.45) is 27.2. The van der Waals surface area contributed by atoms with E-state index in [4.69, 9.17) is 9.47 Å². The lowest BCUT2D eigenvalue weighted by Gasteiger charge is -2.40. The van der Waals surface area contributed by atoms with E-state index in [0.717, 1.165) is 44.4 Å². The molecule has 0 spiro atoms. The van der Waals surface area contributed by atoms with Gasteiger partial charge in [0.05, 0.1) is 25.4 Å². The van der Waals surface area contributed by atoms with Gasteiger partial charge in [-0.05, 0) is 18.8 Å². The third kappa shape index (κ3) is 28.0. The third-order valence-electron chi connectivity index (χ3n) is 13.0. The molecule has 1 heterocycles. The number of carbonyl (C=O) groups is 1. The SMILES string of the molecule is CCCCCCCCCCCCCCCCCCCCC[C@@H](O)C(=O)N[C@@H](CO[C@@H]1O[C@H](CO)[C@@H](O)[C@H](O)[C@H]1O)[C@H](O)[C@H](O)CCCCCCCCCCCC[C@H](C)CC. The summed E-state index contributed by atoms with van der Waals surface area (Å²) in [7, 11) is 0. The standard InChI is InChI=1S/C49H97NO10/c1-4-6-7-8-9-10-11-12-13-14-15-16-17-18-19-24-27-30-33-36-42(53)48(58)50-40(38-59-49-47(57)46(56)45(55)43(37-51)60-49)44(54)41(52)35-32-29-26-23-21-20-22-25-28-31-34-39(3)5-2/h39-47,49,51-57H,4-38H2,1-3H3,(H,50,58)/t39-,40+,41-,42-,43-,44+,45-,46+,47-,49-/m1/s1. The Bertz CT molecular complexity index is 959. The molecule has 0 aromatic rings. The van der Waals surface area contributed by atoms with Crippen LogP contribution in [0.1, 0.15) is 233 Å². The van der Waals surface area contributed by atoms with Crippen LogP contribution in [0, 0.1) is 5.92 Å². The summed E-state index contributed by atoms with van der Waals surface area (Å²) >= 11 is 0. The average molecular weight is 860 g/mol. The van der Waals surface area contributed by atoms with E-state index >= 15 is 0 Å². The molecule has 1 fully saturated rings. The van der Waals surface area contributed by atoms with Crippen LogP contribution in [0.2, 0.25) is 0 Å². The first kappa shape index (κ1) is 57.1. The molecular weight excluding hydrogens is 763 g/mol. The van der Waals surface area contributed by atoms with Crippen molar-refractivity contribution in [2.24, 2.45) is 5.92 Å². The van der Waals surface area contributed by atoms with Gasteiger partial charge in [-0.1, -0.05) is 220 Å². The van der Waals surface area contributed by atoms with Crippen molar-refractivity contribution < 1.29 is 50.0 Å². The molecule has 0 bridgehead atoms. The lowest BCUT2D eigenvalue weighted by atomic mass is 9.98. The minimum Gasteiger partial charge on any atom is -0.394 e. The van der Waals surface area contributed by atoms with Gasteiger partial charge in [-0.15, -0.1) is 0 Å². The van der Waals surface area contributed by atoms with Crippen LogP contribution in [0.3, 0.4) is 0 Å². The van der Waals surface area contributed by atoms with Crippen molar-refractivity contribution in [2.75, 3.05) is 13.2 Å². The zero-order valence-electron chi connectivity index (χ0n) is 38.9. The van der Waals surface area contributed by atoms with Gasteiger partial charge in [0.25, 0.3) is 0 Å². The molecule has 1 saturated heterocycles. The Kier molecular flexibility index (Phi) is 36.7. The van der Waals surface area contributed by atoms with Crippen molar-refractivity contribution in [3.63, 3.8) is 0 Å². The predicted molar refractivity (Wildman–Crippen MR) is 243 cm³/mol. The first-order chi connectivity index (χ1) is 29.1. The number of ether oxygens (including phenoxy) is 2. The van der Waals surface area contributed by atoms with Crippen LogP contribution in [0.25, 0.3) is 0 Å². The van der Waals surface area contributed by atoms with Crippen molar-refractivity contribution >= 4 is 5.91 Å². The maximum atomic E-state index is 13.1. The monoisotopic (exact) mass is 860 g/mol.